The van der Waals surface area contributed by atoms with Gasteiger partial charge in [-0.25, -0.2) is 0 Å². The van der Waals surface area contributed by atoms with Gasteiger partial charge in [-0.2, -0.15) is 5.10 Å². The van der Waals surface area contributed by atoms with Gasteiger partial charge in [-0.3, -0.25) is 14.4 Å². The second kappa shape index (κ2) is 8.68. The number of amides is 1. The van der Waals surface area contributed by atoms with Crippen LogP contribution >= 0.6 is 0 Å². The highest BCUT2D eigenvalue weighted by Crippen LogP contribution is 2.53. The Morgan fingerprint density at radius 2 is 1.85 bits per heavy atom. The number of phenols is 1. The van der Waals surface area contributed by atoms with Gasteiger partial charge in [-0.15, -0.1) is 0 Å². The maximum absolute atomic E-state index is 13.2. The smallest absolute Gasteiger partial charge is 0.244 e. The van der Waals surface area contributed by atoms with E-state index in [9.17, 15) is 15.0 Å². The van der Waals surface area contributed by atoms with Gasteiger partial charge in [0.25, 0.3) is 0 Å². The summed E-state index contributed by atoms with van der Waals surface area (Å²) in [5, 5.41) is 27.3. The standard InChI is InChI=1S/C27H38N4O3/c1-19-4-7-23(32)16-24(19)26-9-13-29(25(33)18-31-12-8-20(2)28-31)15-11-27(26,34)21(3)30(14-10-26)17-22-5-6-22/h4,7-8,12,16,21-22,32,34H,5-6,9-11,13-15,17-18H2,1-3H3. The zero-order chi connectivity index (χ0) is 24.1. The van der Waals surface area contributed by atoms with Crippen LogP contribution in [0.4, 0.5) is 0 Å². The number of aromatic nitrogens is 2. The number of hydrogen-bond donors (Lipinski definition) is 2. The first kappa shape index (κ1) is 23.4. The predicted molar refractivity (Wildman–Crippen MR) is 131 cm³/mol. The molecule has 2 N–H and O–H groups in total. The molecular weight excluding hydrogens is 428 g/mol. The van der Waals surface area contributed by atoms with E-state index in [1.807, 2.05) is 36.2 Å². The Bertz CT molecular complexity index is 1060. The van der Waals surface area contributed by atoms with Gasteiger partial charge in [0.1, 0.15) is 12.3 Å². The van der Waals surface area contributed by atoms with Gasteiger partial charge in [0.15, 0.2) is 0 Å². The van der Waals surface area contributed by atoms with Crippen molar-refractivity contribution in [3.8, 4) is 5.75 Å². The molecular formula is C27H38N4O3. The molecule has 3 unspecified atom stereocenters. The van der Waals surface area contributed by atoms with Gasteiger partial charge in [0.2, 0.25) is 5.91 Å². The van der Waals surface area contributed by atoms with Crippen LogP contribution in [0.5, 0.6) is 5.75 Å². The minimum atomic E-state index is -0.990. The topological polar surface area (TPSA) is 81.8 Å². The SMILES string of the molecule is Cc1ccn(CC(=O)N2CCC3(c4cc(O)ccc4C)CCN(CC4CC4)C(C)C3(O)CC2)n1. The summed E-state index contributed by atoms with van der Waals surface area (Å²) in [4.78, 5) is 17.6. The van der Waals surface area contributed by atoms with E-state index in [4.69, 9.17) is 0 Å². The first-order valence-electron chi connectivity index (χ1n) is 12.8. The Labute approximate surface area is 202 Å². The Balaban J connectivity index is 1.48. The van der Waals surface area contributed by atoms with Gasteiger partial charge < -0.3 is 15.1 Å². The quantitative estimate of drug-likeness (QED) is 0.708. The molecule has 7 nitrogen and oxygen atoms in total. The molecule has 1 aromatic heterocycles. The Hall–Kier alpha value is -2.38. The van der Waals surface area contributed by atoms with Crippen molar-refractivity contribution in [2.24, 2.45) is 5.92 Å². The van der Waals surface area contributed by atoms with Crippen molar-refractivity contribution in [2.45, 2.75) is 76.5 Å². The summed E-state index contributed by atoms with van der Waals surface area (Å²) in [5.74, 6) is 1.02. The van der Waals surface area contributed by atoms with Crippen LogP contribution in [0.15, 0.2) is 30.5 Å². The number of benzene rings is 1. The summed E-state index contributed by atoms with van der Waals surface area (Å²) in [6.07, 6.45) is 6.44. The predicted octanol–water partition coefficient (Wildman–Crippen LogP) is 3.00. The van der Waals surface area contributed by atoms with Gasteiger partial charge >= 0.3 is 0 Å². The number of rotatable bonds is 5. The second-order valence-corrected chi connectivity index (χ2v) is 10.9. The average Bonchev–Trinajstić information content (AvgIpc) is 3.56. The number of hydrogen-bond acceptors (Lipinski definition) is 5. The van der Waals surface area contributed by atoms with E-state index in [1.165, 1.54) is 12.8 Å². The third-order valence-electron chi connectivity index (χ3n) is 8.82. The first-order chi connectivity index (χ1) is 16.2. The molecule has 5 rings (SSSR count). The fourth-order valence-corrected chi connectivity index (χ4v) is 6.53. The van der Waals surface area contributed by atoms with Gasteiger partial charge in [-0.1, -0.05) is 6.07 Å². The van der Waals surface area contributed by atoms with E-state index in [1.54, 1.807) is 10.7 Å². The highest BCUT2D eigenvalue weighted by molar-refractivity contribution is 5.76. The molecule has 2 aliphatic heterocycles. The van der Waals surface area contributed by atoms with E-state index >= 15 is 0 Å². The number of aromatic hydroxyl groups is 1. The van der Waals surface area contributed by atoms with Crippen LogP contribution in [0.1, 0.15) is 55.8 Å². The van der Waals surface area contributed by atoms with Crippen LogP contribution in [0.2, 0.25) is 0 Å². The molecule has 0 bridgehead atoms. The summed E-state index contributed by atoms with van der Waals surface area (Å²) >= 11 is 0. The maximum atomic E-state index is 13.2. The Morgan fingerprint density at radius 3 is 2.56 bits per heavy atom. The lowest BCUT2D eigenvalue weighted by molar-refractivity contribution is -0.137. The molecule has 1 amide bonds. The molecule has 1 aromatic carbocycles. The third-order valence-corrected chi connectivity index (χ3v) is 8.82. The number of carbonyl (C=O) groups excluding carboxylic acids is 1. The molecule has 1 saturated carbocycles. The zero-order valence-electron chi connectivity index (χ0n) is 20.7. The van der Waals surface area contributed by atoms with Gasteiger partial charge in [-0.05, 0) is 94.7 Å². The molecule has 3 heterocycles. The molecule has 34 heavy (non-hydrogen) atoms. The van der Waals surface area contributed by atoms with Crippen molar-refractivity contribution in [3.63, 3.8) is 0 Å². The molecule has 3 fully saturated rings. The van der Waals surface area contributed by atoms with Crippen LogP contribution in [0.25, 0.3) is 0 Å². The molecule has 3 atom stereocenters. The molecule has 3 aliphatic rings. The monoisotopic (exact) mass is 466 g/mol. The van der Waals surface area contributed by atoms with Crippen LogP contribution in [0, 0.1) is 19.8 Å². The summed E-state index contributed by atoms with van der Waals surface area (Å²) in [6.45, 7) is 9.45. The average molecular weight is 467 g/mol. The summed E-state index contributed by atoms with van der Waals surface area (Å²) in [6, 6.07) is 7.41. The second-order valence-electron chi connectivity index (χ2n) is 10.9. The van der Waals surface area contributed by atoms with Crippen molar-refractivity contribution < 1.29 is 15.0 Å². The fourth-order valence-electron chi connectivity index (χ4n) is 6.53. The molecule has 1 aliphatic carbocycles. The van der Waals surface area contributed by atoms with Crippen LogP contribution < -0.4 is 0 Å². The minimum Gasteiger partial charge on any atom is -0.508 e. The van der Waals surface area contributed by atoms with Crippen molar-refractivity contribution in [3.05, 3.63) is 47.3 Å². The number of nitrogens with zero attached hydrogens (tertiary/aromatic N) is 4. The molecule has 0 radical (unpaired) electrons. The lowest BCUT2D eigenvalue weighted by Gasteiger charge is -2.57. The van der Waals surface area contributed by atoms with Crippen molar-refractivity contribution >= 4 is 5.91 Å². The number of likely N-dealkylation sites (tertiary alicyclic amines) is 2. The molecule has 184 valence electrons. The number of piperidine rings is 1. The van der Waals surface area contributed by atoms with E-state index in [2.05, 4.69) is 23.8 Å². The molecule has 0 spiro atoms. The normalized spacial score (nSPS) is 30.1. The van der Waals surface area contributed by atoms with Gasteiger partial charge in [0, 0.05) is 37.3 Å². The van der Waals surface area contributed by atoms with E-state index < -0.39 is 11.0 Å². The maximum Gasteiger partial charge on any atom is 0.244 e. The lowest BCUT2D eigenvalue weighted by Crippen LogP contribution is -2.68. The number of phenolic OH excluding ortho intramolecular Hbond substituents is 1. The van der Waals surface area contributed by atoms with Crippen LogP contribution in [-0.2, 0) is 16.8 Å². The molecule has 2 saturated heterocycles. The summed E-state index contributed by atoms with van der Waals surface area (Å²) < 4.78 is 1.69. The largest absolute Gasteiger partial charge is 0.508 e. The fraction of sp³-hybridized carbons (Fsp3) is 0.630. The number of carbonyl (C=O) groups is 1. The third kappa shape index (κ3) is 4.03. The number of aryl methyl sites for hydroxylation is 2. The van der Waals surface area contributed by atoms with Crippen LogP contribution in [0.3, 0.4) is 0 Å². The zero-order valence-corrected chi connectivity index (χ0v) is 20.7. The van der Waals surface area contributed by atoms with Crippen molar-refractivity contribution in [1.82, 2.24) is 19.6 Å². The summed E-state index contributed by atoms with van der Waals surface area (Å²) in [5.41, 5.74) is 1.52. The van der Waals surface area contributed by atoms with E-state index in [-0.39, 0.29) is 24.2 Å². The van der Waals surface area contributed by atoms with Crippen molar-refractivity contribution in [2.75, 3.05) is 26.2 Å². The molecule has 7 heteroatoms. The number of fused-ring (bicyclic) bond motifs is 1. The molecule has 2 aromatic rings. The van der Waals surface area contributed by atoms with Crippen molar-refractivity contribution in [1.29, 1.82) is 0 Å². The summed E-state index contributed by atoms with van der Waals surface area (Å²) in [7, 11) is 0. The highest BCUT2D eigenvalue weighted by Gasteiger charge is 2.59. The Kier molecular flexibility index (Phi) is 5.97. The Morgan fingerprint density at radius 1 is 1.12 bits per heavy atom. The lowest BCUT2D eigenvalue weighted by atomic mass is 9.57. The first-order valence-corrected chi connectivity index (χ1v) is 12.8. The van der Waals surface area contributed by atoms with Gasteiger partial charge in [0.05, 0.1) is 11.3 Å². The highest BCUT2D eigenvalue weighted by atomic mass is 16.3. The van der Waals surface area contributed by atoms with E-state index in [0.29, 0.717) is 25.9 Å². The number of aliphatic hydroxyl groups is 1. The van der Waals surface area contributed by atoms with Crippen LogP contribution in [-0.4, -0.2) is 73.5 Å². The minimum absolute atomic E-state index is 0.0209. The van der Waals surface area contributed by atoms with E-state index in [0.717, 1.165) is 42.2 Å².